The van der Waals surface area contributed by atoms with E-state index in [2.05, 4.69) is 48.4 Å². The van der Waals surface area contributed by atoms with E-state index in [4.69, 9.17) is 16.6 Å². The summed E-state index contributed by atoms with van der Waals surface area (Å²) in [5, 5.41) is 5.53. The molecule has 2 aromatic heterocycles. The maximum absolute atomic E-state index is 13.8. The summed E-state index contributed by atoms with van der Waals surface area (Å²) in [5.74, 6) is 0.531. The largest absolute Gasteiger partial charge is 0.269 e. The minimum absolute atomic E-state index is 0.192. The summed E-state index contributed by atoms with van der Waals surface area (Å²) in [7, 11) is 0. The zero-order valence-corrected chi connectivity index (χ0v) is 20.2. The predicted molar refractivity (Wildman–Crippen MR) is 145 cm³/mol. The van der Waals surface area contributed by atoms with E-state index in [0.29, 0.717) is 27.6 Å². The van der Waals surface area contributed by atoms with Gasteiger partial charge in [0.1, 0.15) is 11.2 Å². The van der Waals surface area contributed by atoms with Crippen LogP contribution in [0, 0.1) is 6.92 Å². The average molecular weight is 489 g/mol. The highest BCUT2D eigenvalue weighted by Crippen LogP contribution is 2.27. The van der Waals surface area contributed by atoms with Crippen LogP contribution in [0.25, 0.3) is 44.9 Å². The number of aryl methyl sites for hydroxylation is 1. The van der Waals surface area contributed by atoms with Gasteiger partial charge in [0.2, 0.25) is 0 Å². The Bertz CT molecular complexity index is 1750. The van der Waals surface area contributed by atoms with Crippen LogP contribution in [0.15, 0.2) is 114 Å². The van der Waals surface area contributed by atoms with Crippen LogP contribution in [0.1, 0.15) is 5.56 Å². The van der Waals surface area contributed by atoms with E-state index in [1.165, 1.54) is 5.56 Å². The summed E-state index contributed by atoms with van der Waals surface area (Å²) >= 11 is 6.13. The molecule has 0 N–H and O–H groups in total. The lowest BCUT2D eigenvalue weighted by molar-refractivity contribution is 0.888. The second-order valence-corrected chi connectivity index (χ2v) is 9.06. The summed E-state index contributed by atoms with van der Waals surface area (Å²) in [4.78, 5) is 18.8. The van der Waals surface area contributed by atoms with Gasteiger partial charge in [-0.3, -0.25) is 9.36 Å². The summed E-state index contributed by atoms with van der Waals surface area (Å²) in [6.07, 6.45) is 1.58. The minimum atomic E-state index is -0.192. The SMILES string of the molecule is Cc1cccc(-c2ccc(-c3nc4c(cnn4-c4ccccc4)c(=O)n3-c3ccc(Cl)cc3)cc2)c1. The fourth-order valence-electron chi connectivity index (χ4n) is 4.39. The zero-order valence-electron chi connectivity index (χ0n) is 19.5. The third-order valence-corrected chi connectivity index (χ3v) is 6.43. The first-order valence-electron chi connectivity index (χ1n) is 11.6. The van der Waals surface area contributed by atoms with Gasteiger partial charge in [0, 0.05) is 10.6 Å². The molecule has 0 saturated carbocycles. The lowest BCUT2D eigenvalue weighted by Gasteiger charge is -2.14. The predicted octanol–water partition coefficient (Wildman–Crippen LogP) is 6.87. The Morgan fingerprint density at radius 1 is 0.722 bits per heavy atom. The van der Waals surface area contributed by atoms with E-state index in [1.807, 2.05) is 54.6 Å². The van der Waals surface area contributed by atoms with E-state index in [-0.39, 0.29) is 5.56 Å². The number of hydrogen-bond donors (Lipinski definition) is 0. The van der Waals surface area contributed by atoms with E-state index < -0.39 is 0 Å². The Kier molecular flexibility index (Phi) is 5.47. The minimum Gasteiger partial charge on any atom is -0.268 e. The Balaban J connectivity index is 1.58. The normalized spacial score (nSPS) is 11.2. The molecule has 5 nitrogen and oxygen atoms in total. The summed E-state index contributed by atoms with van der Waals surface area (Å²) < 4.78 is 3.32. The molecule has 174 valence electrons. The van der Waals surface area contributed by atoms with Crippen molar-refractivity contribution in [3.8, 4) is 33.9 Å². The van der Waals surface area contributed by atoms with Gasteiger partial charge >= 0.3 is 0 Å². The number of para-hydroxylation sites is 1. The van der Waals surface area contributed by atoms with E-state index in [9.17, 15) is 4.79 Å². The number of halogens is 1. The molecule has 0 saturated heterocycles. The molecule has 0 radical (unpaired) electrons. The van der Waals surface area contributed by atoms with E-state index in [0.717, 1.165) is 22.4 Å². The number of aromatic nitrogens is 4. The van der Waals surface area contributed by atoms with Crippen molar-refractivity contribution in [2.45, 2.75) is 6.92 Å². The number of hydrogen-bond acceptors (Lipinski definition) is 3. The van der Waals surface area contributed by atoms with Crippen LogP contribution in [-0.4, -0.2) is 19.3 Å². The molecule has 0 aliphatic rings. The van der Waals surface area contributed by atoms with Crippen molar-refractivity contribution < 1.29 is 0 Å². The fourth-order valence-corrected chi connectivity index (χ4v) is 4.51. The maximum atomic E-state index is 13.8. The first kappa shape index (κ1) is 22.0. The van der Waals surface area contributed by atoms with Gasteiger partial charge in [0.15, 0.2) is 5.65 Å². The summed E-state index contributed by atoms with van der Waals surface area (Å²) in [5.41, 5.74) is 6.10. The van der Waals surface area contributed by atoms with Crippen LogP contribution in [0.2, 0.25) is 5.02 Å². The molecular weight excluding hydrogens is 468 g/mol. The van der Waals surface area contributed by atoms with Crippen molar-refractivity contribution in [2.75, 3.05) is 0 Å². The number of rotatable bonds is 4. The molecule has 0 unspecified atom stereocenters. The van der Waals surface area contributed by atoms with Gasteiger partial charge in [0.05, 0.1) is 17.6 Å². The second kappa shape index (κ2) is 8.95. The Labute approximate surface area is 212 Å². The second-order valence-electron chi connectivity index (χ2n) is 8.63. The van der Waals surface area contributed by atoms with Gasteiger partial charge in [0.25, 0.3) is 5.56 Å². The van der Waals surface area contributed by atoms with Crippen LogP contribution >= 0.6 is 11.6 Å². The van der Waals surface area contributed by atoms with Crippen molar-refractivity contribution in [3.05, 3.63) is 130 Å². The van der Waals surface area contributed by atoms with Crippen molar-refractivity contribution in [2.24, 2.45) is 0 Å². The van der Waals surface area contributed by atoms with Gasteiger partial charge in [-0.15, -0.1) is 0 Å². The molecule has 0 spiro atoms. The van der Waals surface area contributed by atoms with Gasteiger partial charge in [-0.2, -0.15) is 5.10 Å². The Morgan fingerprint density at radius 2 is 1.44 bits per heavy atom. The molecule has 6 heteroatoms. The molecule has 36 heavy (non-hydrogen) atoms. The van der Waals surface area contributed by atoms with Gasteiger partial charge < -0.3 is 0 Å². The molecule has 4 aromatic carbocycles. The number of nitrogens with zero attached hydrogens (tertiary/aromatic N) is 4. The average Bonchev–Trinajstić information content (AvgIpc) is 3.34. The summed E-state index contributed by atoms with van der Waals surface area (Å²) in [6, 6.07) is 33.4. The highest BCUT2D eigenvalue weighted by molar-refractivity contribution is 6.30. The van der Waals surface area contributed by atoms with Crippen molar-refractivity contribution in [3.63, 3.8) is 0 Å². The number of benzene rings is 4. The number of fused-ring (bicyclic) bond motifs is 1. The first-order valence-corrected chi connectivity index (χ1v) is 12.0. The maximum Gasteiger partial charge on any atom is 0.269 e. The van der Waals surface area contributed by atoms with Crippen LogP contribution < -0.4 is 5.56 Å². The highest BCUT2D eigenvalue weighted by Gasteiger charge is 2.18. The molecule has 0 aliphatic carbocycles. The monoisotopic (exact) mass is 488 g/mol. The molecule has 0 amide bonds. The van der Waals surface area contributed by atoms with Crippen molar-refractivity contribution >= 4 is 22.6 Å². The zero-order chi connectivity index (χ0) is 24.6. The Morgan fingerprint density at radius 3 is 2.17 bits per heavy atom. The van der Waals surface area contributed by atoms with Gasteiger partial charge in [-0.25, -0.2) is 9.67 Å². The molecule has 0 bridgehead atoms. The van der Waals surface area contributed by atoms with E-state index in [1.54, 1.807) is 27.6 Å². The quantitative estimate of drug-likeness (QED) is 0.272. The standard InChI is InChI=1S/C30H21ClN4O/c1-20-6-5-7-23(18-20)21-10-12-22(13-11-21)28-33-29-27(19-32-35(29)26-8-3-2-4-9-26)30(36)34(28)25-16-14-24(31)15-17-25/h2-19H,1H3. The molecule has 6 aromatic rings. The Hall–Kier alpha value is -4.48. The third-order valence-electron chi connectivity index (χ3n) is 6.18. The molecule has 0 aliphatic heterocycles. The van der Waals surface area contributed by atoms with Crippen LogP contribution in [-0.2, 0) is 0 Å². The molecule has 0 fully saturated rings. The molecule has 0 atom stereocenters. The molecular formula is C30H21ClN4O. The lowest BCUT2D eigenvalue weighted by atomic mass is 10.0. The van der Waals surface area contributed by atoms with Crippen molar-refractivity contribution in [1.82, 2.24) is 19.3 Å². The topological polar surface area (TPSA) is 52.7 Å². The van der Waals surface area contributed by atoms with Crippen LogP contribution in [0.3, 0.4) is 0 Å². The fraction of sp³-hybridized carbons (Fsp3) is 0.0333. The third kappa shape index (κ3) is 3.89. The molecule has 2 heterocycles. The summed E-state index contributed by atoms with van der Waals surface area (Å²) in [6.45, 7) is 2.08. The smallest absolute Gasteiger partial charge is 0.268 e. The van der Waals surface area contributed by atoms with Crippen molar-refractivity contribution in [1.29, 1.82) is 0 Å². The van der Waals surface area contributed by atoms with Crippen LogP contribution in [0.5, 0.6) is 0 Å². The van der Waals surface area contributed by atoms with Gasteiger partial charge in [-0.1, -0.05) is 83.9 Å². The van der Waals surface area contributed by atoms with E-state index >= 15 is 0 Å². The van der Waals surface area contributed by atoms with Gasteiger partial charge in [-0.05, 0) is 54.4 Å². The lowest BCUT2D eigenvalue weighted by Crippen LogP contribution is -2.22. The molecule has 6 rings (SSSR count). The first-order chi connectivity index (χ1) is 17.6. The highest BCUT2D eigenvalue weighted by atomic mass is 35.5. The van der Waals surface area contributed by atoms with Crippen LogP contribution in [0.4, 0.5) is 0 Å².